The highest BCUT2D eigenvalue weighted by Crippen LogP contribution is 2.31. The monoisotopic (exact) mass is 318 g/mol. The van der Waals surface area contributed by atoms with Crippen molar-refractivity contribution in [3.05, 3.63) is 23.8 Å². The lowest BCUT2D eigenvalue weighted by Gasteiger charge is -2.33. The van der Waals surface area contributed by atoms with Gasteiger partial charge in [0, 0.05) is 19.1 Å². The second-order valence-electron chi connectivity index (χ2n) is 6.36. The van der Waals surface area contributed by atoms with Crippen LogP contribution in [-0.4, -0.2) is 50.2 Å². The molecule has 1 amide bonds. The van der Waals surface area contributed by atoms with Crippen LogP contribution in [-0.2, 0) is 11.2 Å². The lowest BCUT2D eigenvalue weighted by atomic mass is 9.94. The summed E-state index contributed by atoms with van der Waals surface area (Å²) < 4.78 is 11.1. The number of nitrogens with one attached hydrogen (secondary N) is 1. The lowest BCUT2D eigenvalue weighted by Crippen LogP contribution is -2.47. The van der Waals surface area contributed by atoms with E-state index >= 15 is 0 Å². The van der Waals surface area contributed by atoms with Gasteiger partial charge in [0.15, 0.2) is 0 Å². The molecular weight excluding hydrogens is 292 g/mol. The number of hydrogen-bond donors (Lipinski definition) is 1. The number of amides is 1. The minimum absolute atomic E-state index is 0.0956. The summed E-state index contributed by atoms with van der Waals surface area (Å²) in [6.07, 6.45) is 2.76. The van der Waals surface area contributed by atoms with Crippen LogP contribution in [0.2, 0.25) is 0 Å². The predicted octanol–water partition coefficient (Wildman–Crippen LogP) is 1.85. The minimum Gasteiger partial charge on any atom is -0.497 e. The van der Waals surface area contributed by atoms with Gasteiger partial charge in [0.25, 0.3) is 0 Å². The van der Waals surface area contributed by atoms with Crippen molar-refractivity contribution >= 4 is 5.91 Å². The molecule has 1 N–H and O–H groups in total. The first-order chi connectivity index (χ1) is 11.2. The van der Waals surface area contributed by atoms with Gasteiger partial charge in [-0.1, -0.05) is 6.92 Å². The van der Waals surface area contributed by atoms with Crippen molar-refractivity contribution in [2.45, 2.75) is 32.2 Å². The Labute approximate surface area is 137 Å². The molecule has 0 radical (unpaired) electrons. The zero-order valence-electron chi connectivity index (χ0n) is 14.0. The van der Waals surface area contributed by atoms with E-state index < -0.39 is 0 Å². The molecule has 1 saturated heterocycles. The summed E-state index contributed by atoms with van der Waals surface area (Å²) in [7, 11) is 1.66. The van der Waals surface area contributed by atoms with Crippen LogP contribution < -0.4 is 14.8 Å². The van der Waals surface area contributed by atoms with E-state index in [0.29, 0.717) is 12.6 Å². The number of carbonyl (C=O) groups excluding carboxylic acids is 1. The summed E-state index contributed by atoms with van der Waals surface area (Å²) >= 11 is 0. The van der Waals surface area contributed by atoms with Crippen LogP contribution in [0.15, 0.2) is 18.2 Å². The third kappa shape index (κ3) is 3.44. The van der Waals surface area contributed by atoms with Crippen molar-refractivity contribution in [3.8, 4) is 11.5 Å². The Balaban J connectivity index is 1.73. The molecule has 1 fully saturated rings. The smallest absolute Gasteiger partial charge is 0.229 e. The number of rotatable bonds is 5. The first-order valence-corrected chi connectivity index (χ1v) is 8.53. The van der Waals surface area contributed by atoms with Crippen molar-refractivity contribution in [2.75, 3.05) is 33.4 Å². The molecule has 2 heterocycles. The maximum atomic E-state index is 13.0. The molecule has 0 saturated carbocycles. The van der Waals surface area contributed by atoms with Gasteiger partial charge >= 0.3 is 0 Å². The molecular formula is C18H26N2O3. The van der Waals surface area contributed by atoms with E-state index in [1.807, 2.05) is 18.2 Å². The van der Waals surface area contributed by atoms with Crippen LogP contribution in [0.3, 0.4) is 0 Å². The molecule has 2 atom stereocenters. The van der Waals surface area contributed by atoms with E-state index in [0.717, 1.165) is 56.0 Å². The second-order valence-corrected chi connectivity index (χ2v) is 6.36. The Hall–Kier alpha value is -1.75. The molecule has 0 spiro atoms. The number of ether oxygens (including phenoxy) is 2. The summed E-state index contributed by atoms with van der Waals surface area (Å²) in [5, 5.41) is 3.36. The fraction of sp³-hybridized carbons (Fsp3) is 0.611. The average molecular weight is 318 g/mol. The molecule has 3 rings (SSSR count). The van der Waals surface area contributed by atoms with E-state index in [9.17, 15) is 4.79 Å². The summed E-state index contributed by atoms with van der Waals surface area (Å²) in [5.41, 5.74) is 1.06. The quantitative estimate of drug-likeness (QED) is 0.900. The fourth-order valence-corrected chi connectivity index (χ4v) is 3.51. The number of carbonyl (C=O) groups is 1. The largest absolute Gasteiger partial charge is 0.497 e. The number of benzene rings is 1. The summed E-state index contributed by atoms with van der Waals surface area (Å²) in [5.74, 6) is 1.82. The van der Waals surface area contributed by atoms with Crippen LogP contribution in [0.1, 0.15) is 25.3 Å². The topological polar surface area (TPSA) is 50.8 Å². The standard InChI is InChI=1S/C18H26N2O3/c1-3-8-20(15-6-7-19-11-15)18(21)14-9-13-10-16(22-2)4-5-17(13)23-12-14/h4-5,10,14-15,19H,3,6-9,11-12H2,1-2H3. The van der Waals surface area contributed by atoms with Crippen LogP contribution in [0, 0.1) is 5.92 Å². The van der Waals surface area contributed by atoms with Crippen LogP contribution >= 0.6 is 0 Å². The van der Waals surface area contributed by atoms with Crippen molar-refractivity contribution in [1.29, 1.82) is 0 Å². The zero-order chi connectivity index (χ0) is 16.2. The molecule has 0 bridgehead atoms. The van der Waals surface area contributed by atoms with Gasteiger partial charge in [-0.15, -0.1) is 0 Å². The van der Waals surface area contributed by atoms with Gasteiger partial charge in [-0.2, -0.15) is 0 Å². The molecule has 5 nitrogen and oxygen atoms in total. The van der Waals surface area contributed by atoms with Gasteiger partial charge in [0.1, 0.15) is 18.1 Å². The number of hydrogen-bond acceptors (Lipinski definition) is 4. The Kier molecular flexibility index (Phi) is 5.06. The van der Waals surface area contributed by atoms with Gasteiger partial charge in [-0.05, 0) is 49.6 Å². The van der Waals surface area contributed by atoms with E-state index in [4.69, 9.17) is 9.47 Å². The molecule has 0 aromatic heterocycles. The van der Waals surface area contributed by atoms with E-state index in [2.05, 4.69) is 17.1 Å². The van der Waals surface area contributed by atoms with Crippen LogP contribution in [0.25, 0.3) is 0 Å². The molecule has 2 unspecified atom stereocenters. The lowest BCUT2D eigenvalue weighted by molar-refractivity contribution is -0.139. The number of methoxy groups -OCH3 is 1. The van der Waals surface area contributed by atoms with Crippen molar-refractivity contribution in [1.82, 2.24) is 10.2 Å². The summed E-state index contributed by atoms with van der Waals surface area (Å²) in [6.45, 7) is 5.33. The van der Waals surface area contributed by atoms with Gasteiger partial charge in [-0.25, -0.2) is 0 Å². The minimum atomic E-state index is -0.0956. The first-order valence-electron chi connectivity index (χ1n) is 8.53. The molecule has 1 aromatic rings. The Bertz CT molecular complexity index is 555. The highest BCUT2D eigenvalue weighted by atomic mass is 16.5. The van der Waals surface area contributed by atoms with Gasteiger partial charge in [-0.3, -0.25) is 4.79 Å². The fourth-order valence-electron chi connectivity index (χ4n) is 3.51. The van der Waals surface area contributed by atoms with E-state index in [1.165, 1.54) is 0 Å². The molecule has 2 aliphatic rings. The maximum Gasteiger partial charge on any atom is 0.229 e. The van der Waals surface area contributed by atoms with Gasteiger partial charge < -0.3 is 19.7 Å². The molecule has 1 aromatic carbocycles. The van der Waals surface area contributed by atoms with Crippen LogP contribution in [0.4, 0.5) is 0 Å². The third-order valence-electron chi connectivity index (χ3n) is 4.75. The molecule has 5 heteroatoms. The molecule has 23 heavy (non-hydrogen) atoms. The van der Waals surface area contributed by atoms with Crippen LogP contribution in [0.5, 0.6) is 11.5 Å². The van der Waals surface area contributed by atoms with Crippen molar-refractivity contribution < 1.29 is 14.3 Å². The molecule has 0 aliphatic carbocycles. The second kappa shape index (κ2) is 7.21. The molecule has 126 valence electrons. The van der Waals surface area contributed by atoms with Gasteiger partial charge in [0.2, 0.25) is 5.91 Å². The van der Waals surface area contributed by atoms with Crippen molar-refractivity contribution in [2.24, 2.45) is 5.92 Å². The summed E-state index contributed by atoms with van der Waals surface area (Å²) in [6, 6.07) is 6.14. The average Bonchev–Trinajstić information content (AvgIpc) is 3.12. The van der Waals surface area contributed by atoms with E-state index in [1.54, 1.807) is 7.11 Å². The normalized spacial score (nSPS) is 23.0. The van der Waals surface area contributed by atoms with Crippen molar-refractivity contribution in [3.63, 3.8) is 0 Å². The predicted molar refractivity (Wildman–Crippen MR) is 89.0 cm³/mol. The first kappa shape index (κ1) is 16.1. The number of fused-ring (bicyclic) bond motifs is 1. The Morgan fingerprint density at radius 3 is 3.04 bits per heavy atom. The Morgan fingerprint density at radius 2 is 2.35 bits per heavy atom. The summed E-state index contributed by atoms with van der Waals surface area (Å²) in [4.78, 5) is 15.1. The highest BCUT2D eigenvalue weighted by molar-refractivity contribution is 5.80. The SMILES string of the molecule is CCCN(C(=O)C1COc2ccc(OC)cc2C1)C1CCNC1. The Morgan fingerprint density at radius 1 is 1.48 bits per heavy atom. The van der Waals surface area contributed by atoms with Gasteiger partial charge in [0.05, 0.1) is 13.0 Å². The zero-order valence-corrected chi connectivity index (χ0v) is 14.0. The maximum absolute atomic E-state index is 13.0. The van der Waals surface area contributed by atoms with E-state index in [-0.39, 0.29) is 11.8 Å². The molecule has 2 aliphatic heterocycles. The highest BCUT2D eigenvalue weighted by Gasteiger charge is 2.33. The third-order valence-corrected chi connectivity index (χ3v) is 4.75. The number of nitrogens with zero attached hydrogens (tertiary/aromatic N) is 1.